The molecular formula is C16H23N5O2. The highest BCUT2D eigenvalue weighted by atomic mass is 16.6. The Morgan fingerprint density at radius 2 is 2.13 bits per heavy atom. The zero-order valence-corrected chi connectivity index (χ0v) is 14.1. The Morgan fingerprint density at radius 3 is 2.87 bits per heavy atom. The first kappa shape index (κ1) is 15.7. The van der Waals surface area contributed by atoms with E-state index in [1.165, 1.54) is 0 Å². The Kier molecular flexibility index (Phi) is 3.74. The summed E-state index contributed by atoms with van der Waals surface area (Å²) in [4.78, 5) is 18.8. The van der Waals surface area contributed by atoms with Crippen molar-refractivity contribution in [3.8, 4) is 11.4 Å². The second-order valence-corrected chi connectivity index (χ2v) is 7.21. The average Bonchev–Trinajstić information content (AvgIpc) is 2.93. The van der Waals surface area contributed by atoms with Crippen LogP contribution < -0.4 is 0 Å². The van der Waals surface area contributed by atoms with Gasteiger partial charge in [0.2, 0.25) is 0 Å². The third-order valence-electron chi connectivity index (χ3n) is 4.22. The maximum absolute atomic E-state index is 12.7. The van der Waals surface area contributed by atoms with E-state index in [2.05, 4.69) is 15.2 Å². The second-order valence-electron chi connectivity index (χ2n) is 7.21. The summed E-state index contributed by atoms with van der Waals surface area (Å²) in [6.07, 6.45) is 7.95. The summed E-state index contributed by atoms with van der Waals surface area (Å²) >= 11 is 0. The molecule has 0 aliphatic carbocycles. The number of rotatable bonds is 1. The van der Waals surface area contributed by atoms with Gasteiger partial charge in [0.25, 0.3) is 0 Å². The van der Waals surface area contributed by atoms with Crippen LogP contribution in [0.15, 0.2) is 18.7 Å². The van der Waals surface area contributed by atoms with Crippen LogP contribution in [0.2, 0.25) is 0 Å². The Balaban J connectivity index is 1.95. The minimum atomic E-state index is -0.512. The number of nitrogens with zero attached hydrogens (tertiary/aromatic N) is 5. The maximum Gasteiger partial charge on any atom is 0.412 e. The number of carbonyl (C=O) groups is 1. The molecule has 3 aliphatic rings. The number of amides is 1. The maximum atomic E-state index is 12.7. The van der Waals surface area contributed by atoms with Crippen molar-refractivity contribution in [2.24, 2.45) is 0 Å². The summed E-state index contributed by atoms with van der Waals surface area (Å²) in [6.45, 7) is 8.37. The number of carbonyl (C=O) groups excluding carboxylic acids is 1. The van der Waals surface area contributed by atoms with Gasteiger partial charge in [0.1, 0.15) is 11.3 Å². The molecule has 0 N–H and O–H groups in total. The monoisotopic (exact) mass is 317 g/mol. The van der Waals surface area contributed by atoms with Gasteiger partial charge in [0, 0.05) is 12.7 Å². The highest BCUT2D eigenvalue weighted by Crippen LogP contribution is 2.34. The minimum absolute atomic E-state index is 0.286. The Bertz CT molecular complexity index is 677. The molecule has 0 spiro atoms. The first-order valence-electron chi connectivity index (χ1n) is 7.96. The van der Waals surface area contributed by atoms with Crippen LogP contribution in [-0.4, -0.2) is 42.9 Å². The zero-order valence-electron chi connectivity index (χ0n) is 14.1. The van der Waals surface area contributed by atoms with Crippen LogP contribution in [0.1, 0.15) is 47.0 Å². The first-order chi connectivity index (χ1) is 10.8. The van der Waals surface area contributed by atoms with Crippen molar-refractivity contribution in [3.05, 3.63) is 18.7 Å². The molecule has 0 saturated carbocycles. The summed E-state index contributed by atoms with van der Waals surface area (Å²) in [7, 11) is 0. The van der Waals surface area contributed by atoms with Gasteiger partial charge in [-0.1, -0.05) is 0 Å². The van der Waals surface area contributed by atoms with Crippen LogP contribution in [0.25, 0.3) is 11.4 Å². The molecule has 1 atom stereocenters. The highest BCUT2D eigenvalue weighted by molar-refractivity contribution is 5.69. The lowest BCUT2D eigenvalue weighted by Crippen LogP contribution is -2.55. The molecule has 0 aromatic heterocycles. The third-order valence-corrected chi connectivity index (χ3v) is 4.22. The van der Waals surface area contributed by atoms with Crippen molar-refractivity contribution in [2.45, 2.75) is 58.2 Å². The Morgan fingerprint density at radius 1 is 1.35 bits per heavy atom. The molecule has 0 radical (unpaired) electrons. The van der Waals surface area contributed by atoms with Gasteiger partial charge in [0.15, 0.2) is 5.82 Å². The zero-order chi connectivity index (χ0) is 16.7. The van der Waals surface area contributed by atoms with Crippen molar-refractivity contribution in [3.63, 3.8) is 0 Å². The van der Waals surface area contributed by atoms with Crippen LogP contribution in [0.3, 0.4) is 0 Å². The van der Waals surface area contributed by atoms with Gasteiger partial charge in [-0.05, 0) is 47.0 Å². The smallest absolute Gasteiger partial charge is 0.412 e. The van der Waals surface area contributed by atoms with E-state index >= 15 is 0 Å². The van der Waals surface area contributed by atoms with Crippen LogP contribution >= 0.6 is 0 Å². The van der Waals surface area contributed by atoms with Gasteiger partial charge in [0.05, 0.1) is 18.1 Å². The molecule has 1 amide bonds. The van der Waals surface area contributed by atoms with E-state index in [-0.39, 0.29) is 6.09 Å². The predicted octanol–water partition coefficient (Wildman–Crippen LogP) is 2.87. The SMILES string of the molecule is CC(C)(C)OC(=O)N1CCCCC1(C)n1cnc2nncc-2c1. The molecule has 1 unspecified atom stereocenters. The fourth-order valence-corrected chi connectivity index (χ4v) is 3.00. The second kappa shape index (κ2) is 5.47. The average molecular weight is 317 g/mol. The van der Waals surface area contributed by atoms with E-state index < -0.39 is 11.3 Å². The van der Waals surface area contributed by atoms with Gasteiger partial charge in [-0.25, -0.2) is 9.78 Å². The predicted molar refractivity (Wildman–Crippen MR) is 84.9 cm³/mol. The van der Waals surface area contributed by atoms with Crippen molar-refractivity contribution in [1.29, 1.82) is 0 Å². The number of ether oxygens (including phenoxy) is 1. The van der Waals surface area contributed by atoms with Gasteiger partial charge >= 0.3 is 6.09 Å². The summed E-state index contributed by atoms with van der Waals surface area (Å²) in [5.41, 5.74) is -0.149. The Labute approximate surface area is 136 Å². The Hall–Kier alpha value is -2.18. The van der Waals surface area contributed by atoms with E-state index in [0.29, 0.717) is 12.4 Å². The fourth-order valence-electron chi connectivity index (χ4n) is 3.00. The quantitative estimate of drug-likeness (QED) is 0.808. The molecule has 0 bridgehead atoms. The number of fused-ring (bicyclic) bond motifs is 1. The molecule has 0 aromatic carbocycles. The normalized spacial score (nSPS) is 22.3. The molecule has 3 aliphatic heterocycles. The largest absolute Gasteiger partial charge is 0.444 e. The van der Waals surface area contributed by atoms with Crippen molar-refractivity contribution in [1.82, 2.24) is 24.6 Å². The summed E-state index contributed by atoms with van der Waals surface area (Å²) in [5.74, 6) is 0.615. The number of aromatic nitrogens is 4. The summed E-state index contributed by atoms with van der Waals surface area (Å²) in [6, 6.07) is 0. The van der Waals surface area contributed by atoms with Gasteiger partial charge in [-0.3, -0.25) is 4.90 Å². The van der Waals surface area contributed by atoms with Crippen molar-refractivity contribution >= 4 is 6.09 Å². The minimum Gasteiger partial charge on any atom is -0.444 e. The van der Waals surface area contributed by atoms with Gasteiger partial charge < -0.3 is 9.30 Å². The lowest BCUT2D eigenvalue weighted by Gasteiger charge is -2.46. The van der Waals surface area contributed by atoms with Crippen LogP contribution in [0, 0.1) is 0 Å². The van der Waals surface area contributed by atoms with Crippen LogP contribution in [-0.2, 0) is 10.4 Å². The third kappa shape index (κ3) is 3.00. The number of hydrogen-bond donors (Lipinski definition) is 0. The molecule has 124 valence electrons. The summed E-state index contributed by atoms with van der Waals surface area (Å²) in [5, 5.41) is 7.83. The van der Waals surface area contributed by atoms with Crippen LogP contribution in [0.5, 0.6) is 0 Å². The molecular weight excluding hydrogens is 294 g/mol. The fraction of sp³-hybridized carbons (Fsp3) is 0.625. The van der Waals surface area contributed by atoms with E-state index in [1.54, 1.807) is 17.4 Å². The number of hydrogen-bond acceptors (Lipinski definition) is 5. The van der Waals surface area contributed by atoms with Crippen molar-refractivity contribution < 1.29 is 9.53 Å². The number of piperidine rings is 1. The molecule has 3 heterocycles. The van der Waals surface area contributed by atoms with E-state index in [4.69, 9.17) is 4.74 Å². The van der Waals surface area contributed by atoms with E-state index in [9.17, 15) is 4.79 Å². The van der Waals surface area contributed by atoms with E-state index in [0.717, 1.165) is 24.8 Å². The summed E-state index contributed by atoms with van der Waals surface area (Å²) < 4.78 is 7.57. The molecule has 0 aromatic rings. The lowest BCUT2D eigenvalue weighted by atomic mass is 9.96. The van der Waals surface area contributed by atoms with E-state index in [1.807, 2.05) is 38.5 Å². The molecule has 3 rings (SSSR count). The molecule has 1 fully saturated rings. The molecule has 1 saturated heterocycles. The topological polar surface area (TPSA) is 73.1 Å². The first-order valence-corrected chi connectivity index (χ1v) is 7.96. The lowest BCUT2D eigenvalue weighted by molar-refractivity contribution is -0.0375. The molecule has 23 heavy (non-hydrogen) atoms. The number of likely N-dealkylation sites (tertiary alicyclic amines) is 1. The highest BCUT2D eigenvalue weighted by Gasteiger charge is 2.41. The molecule has 7 nitrogen and oxygen atoms in total. The van der Waals surface area contributed by atoms with Gasteiger partial charge in [-0.2, -0.15) is 5.10 Å². The van der Waals surface area contributed by atoms with Gasteiger partial charge in [-0.15, -0.1) is 5.10 Å². The van der Waals surface area contributed by atoms with Crippen LogP contribution in [0.4, 0.5) is 4.79 Å². The standard InChI is InChI=1S/C16H23N5O2/c1-15(2,3)23-14(22)21-8-6-5-7-16(21,4)20-10-12-9-18-19-13(12)17-11-20/h9-11H,5-8H2,1-4H3. The van der Waals surface area contributed by atoms with Crippen molar-refractivity contribution in [2.75, 3.05) is 6.54 Å². The molecule has 7 heteroatoms.